The fourth-order valence-corrected chi connectivity index (χ4v) is 8.17. The van der Waals surface area contributed by atoms with Crippen LogP contribution in [-0.2, 0) is 5.41 Å². The molecule has 0 amide bonds. The van der Waals surface area contributed by atoms with Crippen LogP contribution < -0.4 is 5.73 Å². The lowest BCUT2D eigenvalue weighted by Gasteiger charge is -2.30. The maximum absolute atomic E-state index is 11.6. The van der Waals surface area contributed by atoms with Crippen molar-refractivity contribution in [2.24, 2.45) is 11.8 Å². The third kappa shape index (κ3) is 4.63. The number of carbonyl (C=O) groups is 2. The number of hydrogen-bond donors (Lipinski definition) is 1. The van der Waals surface area contributed by atoms with Crippen LogP contribution in [-0.4, -0.2) is 17.6 Å². The Kier molecular flexibility index (Phi) is 7.14. The van der Waals surface area contributed by atoms with E-state index in [2.05, 4.69) is 77.8 Å². The number of aldehydes is 2. The summed E-state index contributed by atoms with van der Waals surface area (Å²) in [7, 11) is 0. The van der Waals surface area contributed by atoms with E-state index in [1.807, 2.05) is 54.6 Å². The molecule has 10 rings (SSSR count). The van der Waals surface area contributed by atoms with E-state index in [0.717, 1.165) is 63.3 Å². The van der Waals surface area contributed by atoms with E-state index in [1.165, 1.54) is 41.5 Å². The number of nitrogens with zero attached hydrogens (tertiary/aromatic N) is 1. The van der Waals surface area contributed by atoms with Crippen LogP contribution in [0.5, 0.6) is 0 Å². The second kappa shape index (κ2) is 11.6. The van der Waals surface area contributed by atoms with Crippen LogP contribution in [0.25, 0.3) is 33.2 Å². The number of rotatable bonds is 2. The number of nitrogen functional groups attached to an aromatic ring is 1. The van der Waals surface area contributed by atoms with Crippen molar-refractivity contribution in [2.45, 2.75) is 24.7 Å². The molecule has 2 atom stereocenters. The van der Waals surface area contributed by atoms with Crippen molar-refractivity contribution in [1.29, 1.82) is 0 Å². The van der Waals surface area contributed by atoms with Crippen LogP contribution in [0.1, 0.15) is 62.2 Å². The number of nitrogens with two attached hydrogens (primary N) is 1. The van der Waals surface area contributed by atoms with Crippen LogP contribution in [0.4, 0.5) is 5.69 Å². The Balaban J connectivity index is 0.000000145. The Labute approximate surface area is 274 Å². The summed E-state index contributed by atoms with van der Waals surface area (Å²) in [5.74, 6) is 1.98. The number of fused-ring (bicyclic) bond motifs is 13. The summed E-state index contributed by atoms with van der Waals surface area (Å²) >= 11 is 0. The third-order valence-corrected chi connectivity index (χ3v) is 10.2. The van der Waals surface area contributed by atoms with Gasteiger partial charge in [-0.3, -0.25) is 14.6 Å². The van der Waals surface area contributed by atoms with Gasteiger partial charge >= 0.3 is 0 Å². The zero-order valence-electron chi connectivity index (χ0n) is 26.0. The average molecular weight is 611 g/mol. The molecule has 1 heterocycles. The normalized spacial score (nSPS) is 17.9. The molecule has 1 spiro atoms. The molecule has 0 radical (unpaired) electrons. The summed E-state index contributed by atoms with van der Waals surface area (Å²) in [6, 6.07) is 38.5. The Bertz CT molecular complexity index is 2090. The van der Waals surface area contributed by atoms with Gasteiger partial charge in [-0.05, 0) is 99.9 Å². The van der Waals surface area contributed by atoms with Crippen LogP contribution >= 0.6 is 0 Å². The highest BCUT2D eigenvalue weighted by molar-refractivity contribution is 5.97. The van der Waals surface area contributed by atoms with Crippen molar-refractivity contribution in [3.8, 4) is 22.3 Å². The standard InChI is InChI=1S/C27H16O2.C9H8N2.C7H10/c28-15-17-9-11-21-19-5-1-3-7-23(19)27(25(21)13-17)24-8-4-2-6-20(24)22-12-10-18(16-29)14-26(22)27;10-8-5-1-3-7-4-2-6-11-9(7)8;1-2-7-4-3-6(1)5-7/h1-16H;1-6H,10H2;1-2,6-7H,3-5H2. The van der Waals surface area contributed by atoms with E-state index < -0.39 is 5.41 Å². The minimum atomic E-state index is -0.518. The number of benzene rings is 5. The summed E-state index contributed by atoms with van der Waals surface area (Å²) < 4.78 is 0. The molecule has 0 saturated heterocycles. The lowest BCUT2D eigenvalue weighted by atomic mass is 9.70. The molecule has 2 unspecified atom stereocenters. The zero-order valence-corrected chi connectivity index (χ0v) is 26.0. The predicted molar refractivity (Wildman–Crippen MR) is 190 cm³/mol. The fraction of sp³-hybridized carbons (Fsp3) is 0.140. The number of carbonyl (C=O) groups excluding carboxylic acids is 2. The first-order valence-electron chi connectivity index (χ1n) is 16.3. The molecule has 1 fully saturated rings. The summed E-state index contributed by atoms with van der Waals surface area (Å²) in [4.78, 5) is 27.4. The van der Waals surface area contributed by atoms with Gasteiger partial charge in [0.2, 0.25) is 0 Å². The third-order valence-electron chi connectivity index (χ3n) is 10.2. The first-order chi connectivity index (χ1) is 23.1. The van der Waals surface area contributed by atoms with Gasteiger partial charge in [-0.25, -0.2) is 0 Å². The molecule has 6 aromatic rings. The molecule has 0 aliphatic heterocycles. The van der Waals surface area contributed by atoms with E-state index in [4.69, 9.17) is 5.73 Å². The van der Waals surface area contributed by atoms with Crippen molar-refractivity contribution in [1.82, 2.24) is 4.98 Å². The smallest absolute Gasteiger partial charge is 0.150 e. The predicted octanol–water partition coefficient (Wildman–Crippen LogP) is 9.44. The molecule has 5 aromatic carbocycles. The van der Waals surface area contributed by atoms with Crippen molar-refractivity contribution < 1.29 is 9.59 Å². The molecule has 228 valence electrons. The monoisotopic (exact) mass is 610 g/mol. The molecule has 4 aliphatic rings. The lowest BCUT2D eigenvalue weighted by molar-refractivity contribution is 0.111. The Hall–Kier alpha value is -5.61. The molecule has 4 nitrogen and oxygen atoms in total. The minimum Gasteiger partial charge on any atom is -0.397 e. The Morgan fingerprint density at radius 3 is 1.62 bits per heavy atom. The summed E-state index contributed by atoms with van der Waals surface area (Å²) in [5, 5.41) is 1.09. The molecule has 1 saturated carbocycles. The molecule has 4 heteroatoms. The Morgan fingerprint density at radius 2 is 1.13 bits per heavy atom. The molecule has 47 heavy (non-hydrogen) atoms. The summed E-state index contributed by atoms with van der Waals surface area (Å²) in [6.07, 6.45) is 12.7. The van der Waals surface area contributed by atoms with Gasteiger partial charge in [0, 0.05) is 22.7 Å². The molecular weight excluding hydrogens is 576 g/mol. The van der Waals surface area contributed by atoms with Crippen LogP contribution in [0.2, 0.25) is 0 Å². The molecule has 1 aromatic heterocycles. The quantitative estimate of drug-likeness (QED) is 0.120. The first-order valence-corrected chi connectivity index (χ1v) is 16.3. The molecule has 2 N–H and O–H groups in total. The van der Waals surface area contributed by atoms with Gasteiger partial charge in [0.15, 0.2) is 0 Å². The van der Waals surface area contributed by atoms with Gasteiger partial charge in [0.1, 0.15) is 12.6 Å². The lowest BCUT2D eigenvalue weighted by Crippen LogP contribution is -2.26. The summed E-state index contributed by atoms with van der Waals surface area (Å²) in [5.41, 5.74) is 17.4. The zero-order chi connectivity index (χ0) is 32.0. The van der Waals surface area contributed by atoms with E-state index >= 15 is 0 Å². The maximum Gasteiger partial charge on any atom is 0.150 e. The van der Waals surface area contributed by atoms with E-state index in [9.17, 15) is 9.59 Å². The highest BCUT2D eigenvalue weighted by Gasteiger charge is 2.51. The van der Waals surface area contributed by atoms with E-state index in [-0.39, 0.29) is 0 Å². The Morgan fingerprint density at radius 1 is 0.596 bits per heavy atom. The molecular formula is C43H34N2O2. The topological polar surface area (TPSA) is 73.0 Å². The van der Waals surface area contributed by atoms with E-state index in [1.54, 1.807) is 6.20 Å². The van der Waals surface area contributed by atoms with E-state index in [0.29, 0.717) is 11.1 Å². The number of aromatic nitrogens is 1. The van der Waals surface area contributed by atoms with Gasteiger partial charge in [0.25, 0.3) is 0 Å². The SMILES string of the molecule is C1=CC2CCC1C2.Nc1cccc2cccnc12.O=Cc1ccc2c(c1)C1(c3ccccc3-2)c2ccccc2-c2ccc(C=O)cc21. The minimum absolute atomic E-state index is 0.518. The van der Waals surface area contributed by atoms with Gasteiger partial charge in [-0.2, -0.15) is 0 Å². The molecule has 2 bridgehead atoms. The van der Waals surface area contributed by atoms with Crippen molar-refractivity contribution in [2.75, 3.05) is 5.73 Å². The number of para-hydroxylation sites is 1. The van der Waals surface area contributed by atoms with Gasteiger partial charge < -0.3 is 5.73 Å². The van der Waals surface area contributed by atoms with Crippen LogP contribution in [0.15, 0.2) is 134 Å². The first kappa shape index (κ1) is 28.8. The number of allylic oxidation sites excluding steroid dienone is 2. The maximum atomic E-state index is 11.6. The average Bonchev–Trinajstić information content (AvgIpc) is 3.92. The van der Waals surface area contributed by atoms with Crippen molar-refractivity contribution in [3.05, 3.63) is 167 Å². The van der Waals surface area contributed by atoms with Crippen LogP contribution in [0.3, 0.4) is 0 Å². The highest BCUT2D eigenvalue weighted by Crippen LogP contribution is 2.62. The number of hydrogen-bond acceptors (Lipinski definition) is 4. The molecule has 4 aliphatic carbocycles. The van der Waals surface area contributed by atoms with Crippen LogP contribution in [0, 0.1) is 11.8 Å². The summed E-state index contributed by atoms with van der Waals surface area (Å²) in [6.45, 7) is 0. The number of anilines is 1. The van der Waals surface area contributed by atoms with Crippen molar-refractivity contribution in [3.63, 3.8) is 0 Å². The second-order valence-electron chi connectivity index (χ2n) is 12.8. The highest BCUT2D eigenvalue weighted by atomic mass is 16.1. The van der Waals surface area contributed by atoms with Gasteiger partial charge in [-0.15, -0.1) is 0 Å². The fourth-order valence-electron chi connectivity index (χ4n) is 8.17. The van der Waals surface area contributed by atoms with Crippen molar-refractivity contribution >= 4 is 29.2 Å². The number of pyridine rings is 1. The van der Waals surface area contributed by atoms with Gasteiger partial charge in [0.05, 0.1) is 16.6 Å². The van der Waals surface area contributed by atoms with Gasteiger partial charge in [-0.1, -0.05) is 103 Å². The largest absolute Gasteiger partial charge is 0.397 e. The second-order valence-corrected chi connectivity index (χ2v) is 12.8.